The molecule has 10 heteroatoms. The molecule has 3 N–H and O–H groups in total. The molecule has 176 valence electrons. The molecule has 0 aliphatic carbocycles. The lowest BCUT2D eigenvalue weighted by molar-refractivity contribution is -0.120. The molecule has 10 nitrogen and oxygen atoms in total. The van der Waals surface area contributed by atoms with Crippen LogP contribution in [0.15, 0.2) is 64.2 Å². The lowest BCUT2D eigenvalue weighted by atomic mass is 10.2. The summed E-state index contributed by atoms with van der Waals surface area (Å²) in [7, 11) is 1.48. The number of carbonyl (C=O) groups is 1. The first-order chi connectivity index (χ1) is 16.4. The Hall–Kier alpha value is -4.36. The molecule has 3 rings (SSSR count). The maximum atomic E-state index is 13.2. The fourth-order valence-corrected chi connectivity index (χ4v) is 3.32. The van der Waals surface area contributed by atoms with E-state index < -0.39 is 17.2 Å². The second-order valence-electron chi connectivity index (χ2n) is 7.37. The topological polar surface area (TPSA) is 143 Å². The van der Waals surface area contributed by atoms with Crippen LogP contribution in [0.1, 0.15) is 11.1 Å². The Balaban J connectivity index is 1.92. The van der Waals surface area contributed by atoms with Crippen molar-refractivity contribution in [1.29, 1.82) is 5.26 Å². The van der Waals surface area contributed by atoms with Crippen LogP contribution in [-0.2, 0) is 29.0 Å². The molecule has 3 aromatic rings. The van der Waals surface area contributed by atoms with Gasteiger partial charge in [0.25, 0.3) is 11.5 Å². The molecule has 0 radical (unpaired) electrons. The quantitative estimate of drug-likeness (QED) is 0.463. The highest BCUT2D eigenvalue weighted by molar-refractivity contribution is 5.96. The highest BCUT2D eigenvalue weighted by atomic mass is 16.5. The van der Waals surface area contributed by atoms with Crippen molar-refractivity contribution < 1.29 is 14.3 Å². The molecule has 0 aliphatic rings. The molecule has 0 aliphatic heterocycles. The summed E-state index contributed by atoms with van der Waals surface area (Å²) in [5.74, 6) is -0.239. The van der Waals surface area contributed by atoms with E-state index in [4.69, 9.17) is 20.5 Å². The van der Waals surface area contributed by atoms with E-state index in [0.29, 0.717) is 5.75 Å². The van der Waals surface area contributed by atoms with Crippen molar-refractivity contribution >= 4 is 17.4 Å². The average molecular weight is 463 g/mol. The number of hydrogen-bond donors (Lipinski definition) is 2. The molecule has 0 fully saturated rings. The zero-order valence-corrected chi connectivity index (χ0v) is 18.7. The molecular weight excluding hydrogens is 438 g/mol. The lowest BCUT2D eigenvalue weighted by Gasteiger charge is -2.24. The first-order valence-corrected chi connectivity index (χ1v) is 10.5. The van der Waals surface area contributed by atoms with Crippen LogP contribution in [-0.4, -0.2) is 35.8 Å². The number of amides is 1. The van der Waals surface area contributed by atoms with Gasteiger partial charge in [0, 0.05) is 7.11 Å². The molecule has 1 amide bonds. The minimum absolute atomic E-state index is 0.0416. The summed E-state index contributed by atoms with van der Waals surface area (Å²) < 4.78 is 11.8. The van der Waals surface area contributed by atoms with Crippen LogP contribution in [0.3, 0.4) is 0 Å². The van der Waals surface area contributed by atoms with Crippen LogP contribution < -0.4 is 26.6 Å². The number of methoxy groups -OCH3 is 1. The van der Waals surface area contributed by atoms with Crippen molar-refractivity contribution in [2.45, 2.75) is 19.5 Å². The SMILES string of the molecule is COCCn1c(N)c(N(Cc2ccccc2)C(=O)COc2ccc(CC#N)cc2)c(=O)[nH]c1=O. The number of benzene rings is 2. The molecular formula is C24H25N5O5. The number of anilines is 2. The predicted molar refractivity (Wildman–Crippen MR) is 126 cm³/mol. The Morgan fingerprint density at radius 1 is 1.12 bits per heavy atom. The van der Waals surface area contributed by atoms with Crippen LogP contribution in [0.5, 0.6) is 5.75 Å². The summed E-state index contributed by atoms with van der Waals surface area (Å²) in [5.41, 5.74) is 6.17. The van der Waals surface area contributed by atoms with E-state index in [1.54, 1.807) is 36.4 Å². The van der Waals surface area contributed by atoms with Gasteiger partial charge in [-0.3, -0.25) is 24.0 Å². The van der Waals surface area contributed by atoms with Crippen molar-refractivity contribution in [2.24, 2.45) is 0 Å². The Bertz CT molecular complexity index is 1280. The summed E-state index contributed by atoms with van der Waals surface area (Å²) in [6, 6.07) is 17.9. The second kappa shape index (κ2) is 11.5. The minimum atomic E-state index is -0.777. The first kappa shape index (κ1) is 24.3. The average Bonchev–Trinajstić information content (AvgIpc) is 2.83. The van der Waals surface area contributed by atoms with E-state index in [1.165, 1.54) is 12.0 Å². The number of carbonyl (C=O) groups excluding carboxylic acids is 1. The van der Waals surface area contributed by atoms with Gasteiger partial charge in [0.1, 0.15) is 11.6 Å². The Morgan fingerprint density at radius 3 is 2.47 bits per heavy atom. The first-order valence-electron chi connectivity index (χ1n) is 10.5. The Kier molecular flexibility index (Phi) is 8.21. The third kappa shape index (κ3) is 5.90. The monoisotopic (exact) mass is 463 g/mol. The van der Waals surface area contributed by atoms with Crippen molar-refractivity contribution in [3.8, 4) is 11.8 Å². The number of nitrogens with two attached hydrogens (primary N) is 1. The summed E-state index contributed by atoms with van der Waals surface area (Å²) in [5, 5.41) is 8.79. The summed E-state index contributed by atoms with van der Waals surface area (Å²) in [6.07, 6.45) is 0.269. The molecule has 0 unspecified atom stereocenters. The number of aromatic nitrogens is 2. The summed E-state index contributed by atoms with van der Waals surface area (Å²) >= 11 is 0. The van der Waals surface area contributed by atoms with Crippen LogP contribution >= 0.6 is 0 Å². The van der Waals surface area contributed by atoms with Gasteiger partial charge in [0.05, 0.1) is 32.2 Å². The molecule has 34 heavy (non-hydrogen) atoms. The van der Waals surface area contributed by atoms with E-state index >= 15 is 0 Å². The predicted octanol–water partition coefficient (Wildman–Crippen LogP) is 1.44. The number of rotatable bonds is 10. The zero-order valence-electron chi connectivity index (χ0n) is 18.7. The van der Waals surface area contributed by atoms with Gasteiger partial charge in [-0.2, -0.15) is 5.26 Å². The lowest BCUT2D eigenvalue weighted by Crippen LogP contribution is -2.42. The maximum absolute atomic E-state index is 13.2. The molecule has 0 bridgehead atoms. The smallest absolute Gasteiger partial charge is 0.330 e. The largest absolute Gasteiger partial charge is 0.484 e. The molecule has 1 heterocycles. The highest BCUT2D eigenvalue weighted by Gasteiger charge is 2.25. The van der Waals surface area contributed by atoms with Crippen LogP contribution in [0.2, 0.25) is 0 Å². The zero-order chi connectivity index (χ0) is 24.5. The molecule has 0 atom stereocenters. The Morgan fingerprint density at radius 2 is 1.82 bits per heavy atom. The van der Waals surface area contributed by atoms with E-state index in [0.717, 1.165) is 15.7 Å². The third-order valence-electron chi connectivity index (χ3n) is 5.06. The normalized spacial score (nSPS) is 10.5. The minimum Gasteiger partial charge on any atom is -0.484 e. The van der Waals surface area contributed by atoms with Crippen molar-refractivity contribution in [3.63, 3.8) is 0 Å². The van der Waals surface area contributed by atoms with Gasteiger partial charge in [-0.05, 0) is 23.3 Å². The fourth-order valence-electron chi connectivity index (χ4n) is 3.32. The molecule has 0 spiro atoms. The van der Waals surface area contributed by atoms with Crippen molar-refractivity contribution in [1.82, 2.24) is 9.55 Å². The van der Waals surface area contributed by atoms with E-state index in [2.05, 4.69) is 11.1 Å². The number of nitrogens with one attached hydrogen (secondary N) is 1. The van der Waals surface area contributed by atoms with Gasteiger partial charge in [-0.25, -0.2) is 4.79 Å². The summed E-state index contributed by atoms with van der Waals surface area (Å²) in [6.45, 7) is -0.0442. The number of nitrogen functional groups attached to an aromatic ring is 1. The van der Waals surface area contributed by atoms with Gasteiger partial charge in [0.2, 0.25) is 0 Å². The van der Waals surface area contributed by atoms with Crippen LogP contribution in [0.4, 0.5) is 11.5 Å². The highest BCUT2D eigenvalue weighted by Crippen LogP contribution is 2.20. The number of ether oxygens (including phenoxy) is 2. The van der Waals surface area contributed by atoms with Crippen molar-refractivity contribution in [2.75, 3.05) is 31.0 Å². The number of hydrogen-bond acceptors (Lipinski definition) is 7. The van der Waals surface area contributed by atoms with E-state index in [9.17, 15) is 14.4 Å². The number of H-pyrrole nitrogens is 1. The molecule has 0 saturated heterocycles. The standard InChI is InChI=1S/C24H25N5O5/c1-33-14-13-28-22(26)21(23(31)27-24(28)32)29(15-18-5-3-2-4-6-18)20(30)16-34-19-9-7-17(8-10-19)11-12-25/h2-10H,11,13-16,26H2,1H3,(H,27,31,32). The van der Waals surface area contributed by atoms with Gasteiger partial charge in [-0.1, -0.05) is 42.5 Å². The van der Waals surface area contributed by atoms with Gasteiger partial charge in [0.15, 0.2) is 12.3 Å². The number of aromatic amines is 1. The van der Waals surface area contributed by atoms with Gasteiger partial charge in [-0.15, -0.1) is 0 Å². The molecule has 0 saturated carbocycles. The van der Waals surface area contributed by atoms with Crippen LogP contribution in [0.25, 0.3) is 0 Å². The van der Waals surface area contributed by atoms with Gasteiger partial charge < -0.3 is 15.2 Å². The second-order valence-corrected chi connectivity index (χ2v) is 7.37. The van der Waals surface area contributed by atoms with E-state index in [1.807, 2.05) is 18.2 Å². The van der Waals surface area contributed by atoms with E-state index in [-0.39, 0.29) is 44.2 Å². The number of nitrogens with zero attached hydrogens (tertiary/aromatic N) is 3. The third-order valence-corrected chi connectivity index (χ3v) is 5.06. The fraction of sp³-hybridized carbons (Fsp3) is 0.250. The van der Waals surface area contributed by atoms with Gasteiger partial charge >= 0.3 is 5.69 Å². The maximum Gasteiger partial charge on any atom is 0.330 e. The van der Waals surface area contributed by atoms with Crippen molar-refractivity contribution in [3.05, 3.63) is 86.6 Å². The van der Waals surface area contributed by atoms with Crippen LogP contribution in [0, 0.1) is 11.3 Å². The number of nitriles is 1. The summed E-state index contributed by atoms with van der Waals surface area (Å²) in [4.78, 5) is 41.7. The molecule has 1 aromatic heterocycles. The Labute approximate surface area is 195 Å². The molecule has 2 aromatic carbocycles.